The van der Waals surface area contributed by atoms with Crippen LogP contribution in [0.25, 0.3) is 0 Å². The Bertz CT molecular complexity index is 1080. The SMILES string of the molecule is Cc1ccc(C2Cn3nnc(C(=O)N4CCN(c5cccc(C)c5)CC4)c3CO2)cc1. The van der Waals surface area contributed by atoms with Gasteiger partial charge in [-0.3, -0.25) is 4.79 Å². The molecule has 3 aromatic rings. The minimum Gasteiger partial charge on any atom is -0.368 e. The van der Waals surface area contributed by atoms with Gasteiger partial charge >= 0.3 is 0 Å². The highest BCUT2D eigenvalue weighted by Gasteiger charge is 2.31. The summed E-state index contributed by atoms with van der Waals surface area (Å²) in [6, 6.07) is 16.8. The Morgan fingerprint density at radius 1 is 1.00 bits per heavy atom. The fourth-order valence-corrected chi connectivity index (χ4v) is 4.30. The van der Waals surface area contributed by atoms with E-state index in [-0.39, 0.29) is 12.0 Å². The molecule has 31 heavy (non-hydrogen) atoms. The molecule has 1 unspecified atom stereocenters. The van der Waals surface area contributed by atoms with Gasteiger partial charge in [0.25, 0.3) is 5.91 Å². The maximum absolute atomic E-state index is 13.2. The second-order valence-electron chi connectivity index (χ2n) is 8.40. The molecule has 0 aliphatic carbocycles. The van der Waals surface area contributed by atoms with Crippen molar-refractivity contribution >= 4 is 11.6 Å². The van der Waals surface area contributed by atoms with Gasteiger partial charge in [0.1, 0.15) is 6.10 Å². The Kier molecular flexibility index (Phi) is 5.19. The summed E-state index contributed by atoms with van der Waals surface area (Å²) in [5.41, 5.74) is 5.99. The number of carbonyl (C=O) groups excluding carboxylic acids is 1. The van der Waals surface area contributed by atoms with E-state index in [0.29, 0.717) is 31.9 Å². The van der Waals surface area contributed by atoms with Gasteiger partial charge in [-0.25, -0.2) is 4.68 Å². The zero-order chi connectivity index (χ0) is 21.4. The number of aromatic nitrogens is 3. The molecule has 5 rings (SSSR count). The van der Waals surface area contributed by atoms with Crippen LogP contribution in [0.2, 0.25) is 0 Å². The first-order chi connectivity index (χ1) is 15.1. The minimum atomic E-state index is -0.0735. The van der Waals surface area contributed by atoms with Crippen molar-refractivity contribution in [3.05, 3.63) is 76.6 Å². The van der Waals surface area contributed by atoms with E-state index in [1.54, 1.807) is 0 Å². The largest absolute Gasteiger partial charge is 0.368 e. The second kappa shape index (κ2) is 8.15. The molecule has 2 aliphatic rings. The summed E-state index contributed by atoms with van der Waals surface area (Å²) in [4.78, 5) is 17.4. The Labute approximate surface area is 182 Å². The maximum Gasteiger partial charge on any atom is 0.276 e. The van der Waals surface area contributed by atoms with Crippen molar-refractivity contribution in [3.63, 3.8) is 0 Å². The molecular formula is C24H27N5O2. The molecule has 1 saturated heterocycles. The van der Waals surface area contributed by atoms with Crippen LogP contribution < -0.4 is 4.90 Å². The molecule has 0 spiro atoms. The molecule has 2 aromatic carbocycles. The van der Waals surface area contributed by atoms with E-state index in [4.69, 9.17) is 4.74 Å². The van der Waals surface area contributed by atoms with Crippen molar-refractivity contribution in [1.29, 1.82) is 0 Å². The van der Waals surface area contributed by atoms with Crippen LogP contribution in [0, 0.1) is 13.8 Å². The van der Waals surface area contributed by atoms with E-state index in [1.807, 2.05) is 9.58 Å². The molecule has 0 radical (unpaired) electrons. The topological polar surface area (TPSA) is 63.5 Å². The Hall–Kier alpha value is -3.19. The smallest absolute Gasteiger partial charge is 0.276 e. The van der Waals surface area contributed by atoms with Gasteiger partial charge in [-0.2, -0.15) is 0 Å². The van der Waals surface area contributed by atoms with Crippen LogP contribution >= 0.6 is 0 Å². The summed E-state index contributed by atoms with van der Waals surface area (Å²) < 4.78 is 7.90. The average molecular weight is 418 g/mol. The van der Waals surface area contributed by atoms with E-state index in [2.05, 4.69) is 77.6 Å². The van der Waals surface area contributed by atoms with Crippen LogP contribution in [0.4, 0.5) is 5.69 Å². The number of nitrogens with zero attached hydrogens (tertiary/aromatic N) is 5. The van der Waals surface area contributed by atoms with E-state index in [1.165, 1.54) is 16.8 Å². The third-order valence-corrected chi connectivity index (χ3v) is 6.18. The first-order valence-corrected chi connectivity index (χ1v) is 10.8. The van der Waals surface area contributed by atoms with Crippen molar-refractivity contribution in [1.82, 2.24) is 19.9 Å². The fourth-order valence-electron chi connectivity index (χ4n) is 4.30. The molecule has 3 heterocycles. The second-order valence-corrected chi connectivity index (χ2v) is 8.40. The van der Waals surface area contributed by atoms with Crippen molar-refractivity contribution in [2.75, 3.05) is 31.1 Å². The predicted molar refractivity (Wildman–Crippen MR) is 118 cm³/mol. The number of piperazine rings is 1. The predicted octanol–water partition coefficient (Wildman–Crippen LogP) is 3.13. The number of benzene rings is 2. The number of hydrogen-bond acceptors (Lipinski definition) is 5. The molecule has 0 saturated carbocycles. The number of carbonyl (C=O) groups is 1. The van der Waals surface area contributed by atoms with Gasteiger partial charge in [-0.15, -0.1) is 5.10 Å². The van der Waals surface area contributed by atoms with Crippen LogP contribution in [-0.2, 0) is 17.9 Å². The number of anilines is 1. The molecule has 1 atom stereocenters. The van der Waals surface area contributed by atoms with E-state index < -0.39 is 0 Å². The van der Waals surface area contributed by atoms with Gasteiger partial charge in [0.15, 0.2) is 5.69 Å². The molecule has 0 bridgehead atoms. The first kappa shape index (κ1) is 19.8. The molecule has 1 amide bonds. The van der Waals surface area contributed by atoms with Gasteiger partial charge in [0.2, 0.25) is 0 Å². The van der Waals surface area contributed by atoms with Crippen molar-refractivity contribution in [2.24, 2.45) is 0 Å². The quantitative estimate of drug-likeness (QED) is 0.655. The number of amides is 1. The number of rotatable bonds is 3. The number of hydrogen-bond donors (Lipinski definition) is 0. The van der Waals surface area contributed by atoms with Crippen LogP contribution in [0.5, 0.6) is 0 Å². The van der Waals surface area contributed by atoms with E-state index in [0.717, 1.165) is 24.3 Å². The monoisotopic (exact) mass is 417 g/mol. The molecule has 1 fully saturated rings. The number of ether oxygens (including phenoxy) is 1. The summed E-state index contributed by atoms with van der Waals surface area (Å²) in [5, 5.41) is 8.50. The molecule has 0 N–H and O–H groups in total. The molecule has 2 aliphatic heterocycles. The van der Waals surface area contributed by atoms with Gasteiger partial charge in [-0.05, 0) is 37.1 Å². The standard InChI is InChI=1S/C24H27N5O2/c1-17-6-8-19(9-7-17)22-15-29-21(16-31-22)23(25-26-29)24(30)28-12-10-27(11-13-28)20-5-3-4-18(2)14-20/h3-9,14,22H,10-13,15-16H2,1-2H3. The summed E-state index contributed by atoms with van der Waals surface area (Å²) >= 11 is 0. The zero-order valence-corrected chi connectivity index (χ0v) is 18.0. The van der Waals surface area contributed by atoms with Gasteiger partial charge in [-0.1, -0.05) is 47.2 Å². The molecular weight excluding hydrogens is 390 g/mol. The van der Waals surface area contributed by atoms with Crippen molar-refractivity contribution < 1.29 is 9.53 Å². The molecule has 7 heteroatoms. The first-order valence-electron chi connectivity index (χ1n) is 10.8. The Balaban J connectivity index is 1.25. The lowest BCUT2D eigenvalue weighted by molar-refractivity contribution is -0.00196. The summed E-state index contributed by atoms with van der Waals surface area (Å²) in [5.74, 6) is -0.0532. The Morgan fingerprint density at radius 2 is 1.77 bits per heavy atom. The van der Waals surface area contributed by atoms with Crippen LogP contribution in [0.3, 0.4) is 0 Å². The normalized spacial score (nSPS) is 18.7. The third-order valence-electron chi connectivity index (χ3n) is 6.18. The minimum absolute atomic E-state index is 0.0532. The highest BCUT2D eigenvalue weighted by Crippen LogP contribution is 2.28. The Morgan fingerprint density at radius 3 is 2.52 bits per heavy atom. The molecule has 1 aromatic heterocycles. The maximum atomic E-state index is 13.2. The lowest BCUT2D eigenvalue weighted by atomic mass is 10.1. The molecule has 7 nitrogen and oxygen atoms in total. The molecule has 160 valence electrons. The van der Waals surface area contributed by atoms with E-state index >= 15 is 0 Å². The van der Waals surface area contributed by atoms with Crippen molar-refractivity contribution in [3.8, 4) is 0 Å². The van der Waals surface area contributed by atoms with Gasteiger partial charge in [0.05, 0.1) is 18.8 Å². The lowest BCUT2D eigenvalue weighted by Crippen LogP contribution is -2.49. The highest BCUT2D eigenvalue weighted by molar-refractivity contribution is 5.93. The fraction of sp³-hybridized carbons (Fsp3) is 0.375. The zero-order valence-electron chi connectivity index (χ0n) is 18.0. The van der Waals surface area contributed by atoms with Gasteiger partial charge in [0, 0.05) is 31.9 Å². The lowest BCUT2D eigenvalue weighted by Gasteiger charge is -2.36. The summed E-state index contributed by atoms with van der Waals surface area (Å²) in [7, 11) is 0. The van der Waals surface area contributed by atoms with E-state index in [9.17, 15) is 4.79 Å². The number of aryl methyl sites for hydroxylation is 2. The van der Waals surface area contributed by atoms with Gasteiger partial charge < -0.3 is 14.5 Å². The van der Waals surface area contributed by atoms with Crippen LogP contribution in [0.15, 0.2) is 48.5 Å². The average Bonchev–Trinajstić information content (AvgIpc) is 3.22. The number of fused-ring (bicyclic) bond motifs is 1. The van der Waals surface area contributed by atoms with Crippen LogP contribution in [0.1, 0.15) is 39.0 Å². The summed E-state index contributed by atoms with van der Waals surface area (Å²) in [6.45, 7) is 8.05. The van der Waals surface area contributed by atoms with Crippen LogP contribution in [-0.4, -0.2) is 52.0 Å². The summed E-state index contributed by atoms with van der Waals surface area (Å²) in [6.07, 6.45) is -0.0735. The van der Waals surface area contributed by atoms with Crippen molar-refractivity contribution in [2.45, 2.75) is 33.1 Å². The third kappa shape index (κ3) is 3.93. The highest BCUT2D eigenvalue weighted by atomic mass is 16.5.